The molecular weight excluding hydrogens is 353 g/mol. The smallest absolute Gasteiger partial charge is 0.433 e. The van der Waals surface area contributed by atoms with Gasteiger partial charge in [-0.2, -0.15) is 13.2 Å². The number of carboxylic acid groups (broad SMARTS) is 1. The zero-order chi connectivity index (χ0) is 19.3. The summed E-state index contributed by atoms with van der Waals surface area (Å²) in [5.74, 6) is -1.76. The van der Waals surface area contributed by atoms with Crippen LogP contribution in [0.15, 0.2) is 18.2 Å². The van der Waals surface area contributed by atoms with E-state index in [9.17, 15) is 22.8 Å². The molecule has 2 rings (SSSR count). The van der Waals surface area contributed by atoms with Gasteiger partial charge in [0.15, 0.2) is 0 Å². The van der Waals surface area contributed by atoms with Crippen LogP contribution in [0.4, 0.5) is 19.0 Å². The second-order valence-electron chi connectivity index (χ2n) is 5.79. The van der Waals surface area contributed by atoms with Gasteiger partial charge in [-0.15, -0.1) is 0 Å². The summed E-state index contributed by atoms with van der Waals surface area (Å²) in [7, 11) is 0. The summed E-state index contributed by atoms with van der Waals surface area (Å²) >= 11 is 0. The van der Waals surface area contributed by atoms with Crippen molar-refractivity contribution in [3.05, 3.63) is 29.5 Å². The molecule has 0 unspecified atom stereocenters. The molecule has 1 aromatic heterocycles. The molecule has 1 aromatic rings. The predicted molar refractivity (Wildman–Crippen MR) is 87.5 cm³/mol. The predicted octanol–water partition coefficient (Wildman–Crippen LogP) is 2.98. The van der Waals surface area contributed by atoms with Crippen molar-refractivity contribution in [3.63, 3.8) is 0 Å². The zero-order valence-corrected chi connectivity index (χ0v) is 14.1. The number of hydrogen-bond donors (Lipinski definition) is 1. The second-order valence-corrected chi connectivity index (χ2v) is 5.79. The molecule has 26 heavy (non-hydrogen) atoms. The van der Waals surface area contributed by atoms with E-state index < -0.39 is 17.8 Å². The summed E-state index contributed by atoms with van der Waals surface area (Å²) in [6.07, 6.45) is -1.69. The van der Waals surface area contributed by atoms with Crippen LogP contribution in [-0.2, 0) is 20.5 Å². The Morgan fingerprint density at radius 2 is 2.00 bits per heavy atom. The van der Waals surface area contributed by atoms with Gasteiger partial charge in [0.1, 0.15) is 11.5 Å². The number of alkyl halides is 3. The fraction of sp³-hybridized carbons (Fsp3) is 0.471. The molecule has 1 N–H and O–H groups in total. The van der Waals surface area contributed by atoms with Gasteiger partial charge in [-0.3, -0.25) is 4.79 Å². The average molecular weight is 372 g/mol. The molecule has 6 nitrogen and oxygen atoms in total. The first-order chi connectivity index (χ1) is 12.2. The third-order valence-corrected chi connectivity index (χ3v) is 4.02. The number of rotatable bonds is 5. The van der Waals surface area contributed by atoms with Crippen molar-refractivity contribution in [1.82, 2.24) is 4.98 Å². The highest BCUT2D eigenvalue weighted by atomic mass is 19.4. The van der Waals surface area contributed by atoms with E-state index in [4.69, 9.17) is 9.84 Å². The molecule has 9 heteroatoms. The molecule has 0 aromatic carbocycles. The average Bonchev–Trinajstić information content (AvgIpc) is 2.59. The van der Waals surface area contributed by atoms with Crippen LogP contribution in [0.2, 0.25) is 0 Å². The lowest BCUT2D eigenvalue weighted by Crippen LogP contribution is -2.38. The van der Waals surface area contributed by atoms with Crippen LogP contribution in [0.3, 0.4) is 0 Å². The molecule has 1 saturated heterocycles. The number of halogens is 3. The van der Waals surface area contributed by atoms with E-state index in [1.807, 2.05) is 0 Å². The van der Waals surface area contributed by atoms with Crippen molar-refractivity contribution >= 4 is 23.8 Å². The number of esters is 1. The molecule has 0 aliphatic carbocycles. The molecular formula is C17H19F3N2O4. The van der Waals surface area contributed by atoms with E-state index in [0.717, 1.165) is 12.1 Å². The van der Waals surface area contributed by atoms with Crippen molar-refractivity contribution in [3.8, 4) is 0 Å². The molecule has 0 spiro atoms. The van der Waals surface area contributed by atoms with E-state index in [0.29, 0.717) is 25.9 Å². The topological polar surface area (TPSA) is 79.7 Å². The highest BCUT2D eigenvalue weighted by molar-refractivity contribution is 5.86. The van der Waals surface area contributed by atoms with Gasteiger partial charge in [-0.25, -0.2) is 9.78 Å². The molecule has 1 fully saturated rings. The van der Waals surface area contributed by atoms with E-state index in [-0.39, 0.29) is 29.9 Å². The standard InChI is InChI=1S/C17H19F3N2O4/c1-2-26-16(25)12-7-9-22(10-8-12)15-11(4-6-14(23)24)3-5-13(21-15)17(18,19)20/h3-6,12H,2,7-10H2,1H3,(H,23,24). The van der Waals surface area contributed by atoms with Crippen LogP contribution >= 0.6 is 0 Å². The molecule has 0 radical (unpaired) electrons. The Kier molecular flexibility index (Phi) is 6.23. The third kappa shape index (κ3) is 4.96. The van der Waals surface area contributed by atoms with Crippen molar-refractivity contribution in [2.24, 2.45) is 5.92 Å². The molecule has 0 bridgehead atoms. The minimum absolute atomic E-state index is 0.0552. The Labute approximate surface area is 148 Å². The van der Waals surface area contributed by atoms with Gasteiger partial charge < -0.3 is 14.7 Å². The van der Waals surface area contributed by atoms with Gasteiger partial charge >= 0.3 is 18.1 Å². The van der Waals surface area contributed by atoms with Gasteiger partial charge in [0.2, 0.25) is 0 Å². The number of carboxylic acids is 1. The molecule has 0 saturated carbocycles. The molecule has 1 aliphatic rings. The third-order valence-electron chi connectivity index (χ3n) is 4.02. The van der Waals surface area contributed by atoms with Crippen molar-refractivity contribution in [1.29, 1.82) is 0 Å². The molecule has 1 aliphatic heterocycles. The summed E-state index contributed by atoms with van der Waals surface area (Å²) in [5, 5.41) is 8.75. The number of pyridine rings is 1. The first-order valence-electron chi connectivity index (χ1n) is 8.13. The lowest BCUT2D eigenvalue weighted by molar-refractivity contribution is -0.148. The maximum atomic E-state index is 13.0. The number of carbonyl (C=O) groups excluding carboxylic acids is 1. The summed E-state index contributed by atoms with van der Waals surface area (Å²) in [5.41, 5.74) is -0.775. The number of piperidine rings is 1. The number of nitrogens with zero attached hydrogens (tertiary/aromatic N) is 2. The summed E-state index contributed by atoms with van der Waals surface area (Å²) < 4.78 is 43.9. The number of aromatic nitrogens is 1. The SMILES string of the molecule is CCOC(=O)C1CCN(c2nc(C(F)(F)F)ccc2C=CC(=O)O)CC1. The van der Waals surface area contributed by atoms with Gasteiger partial charge in [-0.05, 0) is 38.0 Å². The van der Waals surface area contributed by atoms with E-state index in [1.165, 1.54) is 12.1 Å². The number of carbonyl (C=O) groups is 2. The van der Waals surface area contributed by atoms with Gasteiger partial charge in [0.05, 0.1) is 12.5 Å². The quantitative estimate of drug-likeness (QED) is 0.632. The van der Waals surface area contributed by atoms with Crippen LogP contribution in [0.25, 0.3) is 6.08 Å². The van der Waals surface area contributed by atoms with Crippen LogP contribution in [0, 0.1) is 5.92 Å². The van der Waals surface area contributed by atoms with E-state index >= 15 is 0 Å². The van der Waals surface area contributed by atoms with Crippen molar-refractivity contribution in [2.75, 3.05) is 24.6 Å². The maximum Gasteiger partial charge on any atom is 0.433 e. The van der Waals surface area contributed by atoms with Gasteiger partial charge in [0.25, 0.3) is 0 Å². The fourth-order valence-electron chi connectivity index (χ4n) is 2.75. The Morgan fingerprint density at radius 1 is 1.35 bits per heavy atom. The number of aliphatic carboxylic acids is 1. The van der Waals surface area contributed by atoms with Crippen LogP contribution in [-0.4, -0.2) is 41.7 Å². The lowest BCUT2D eigenvalue weighted by Gasteiger charge is -2.32. The molecule has 142 valence electrons. The minimum atomic E-state index is -4.60. The van der Waals surface area contributed by atoms with E-state index in [1.54, 1.807) is 11.8 Å². The molecule has 2 heterocycles. The molecule has 0 atom stereocenters. The summed E-state index contributed by atoms with van der Waals surface area (Å²) in [6, 6.07) is 2.01. The monoisotopic (exact) mass is 372 g/mol. The highest BCUT2D eigenvalue weighted by Crippen LogP contribution is 2.32. The second kappa shape index (κ2) is 8.20. The Balaban J connectivity index is 2.25. The Bertz CT molecular complexity index is 696. The maximum absolute atomic E-state index is 13.0. The number of ether oxygens (including phenoxy) is 1. The summed E-state index contributed by atoms with van der Waals surface area (Å²) in [6.45, 7) is 2.64. The fourth-order valence-corrected chi connectivity index (χ4v) is 2.75. The van der Waals surface area contributed by atoms with Gasteiger partial charge in [0, 0.05) is 24.7 Å². The first kappa shape index (κ1) is 19.7. The van der Waals surface area contributed by atoms with Crippen molar-refractivity contribution in [2.45, 2.75) is 25.9 Å². The number of hydrogen-bond acceptors (Lipinski definition) is 5. The first-order valence-corrected chi connectivity index (χ1v) is 8.13. The van der Waals surface area contributed by atoms with Crippen LogP contribution in [0.1, 0.15) is 31.0 Å². The van der Waals surface area contributed by atoms with Gasteiger partial charge in [-0.1, -0.05) is 0 Å². The van der Waals surface area contributed by atoms with Crippen LogP contribution in [0.5, 0.6) is 0 Å². The Hall–Kier alpha value is -2.58. The van der Waals surface area contributed by atoms with Crippen LogP contribution < -0.4 is 4.90 Å². The zero-order valence-electron chi connectivity index (χ0n) is 14.1. The largest absolute Gasteiger partial charge is 0.478 e. The lowest BCUT2D eigenvalue weighted by atomic mass is 9.96. The Morgan fingerprint density at radius 3 is 2.54 bits per heavy atom. The summed E-state index contributed by atoms with van der Waals surface area (Å²) in [4.78, 5) is 27.8. The normalized spacial score (nSPS) is 16.1. The highest BCUT2D eigenvalue weighted by Gasteiger charge is 2.34. The molecule has 0 amide bonds. The van der Waals surface area contributed by atoms with Crippen molar-refractivity contribution < 1.29 is 32.6 Å². The minimum Gasteiger partial charge on any atom is -0.478 e. The number of anilines is 1. The van der Waals surface area contributed by atoms with E-state index in [2.05, 4.69) is 4.98 Å².